The van der Waals surface area contributed by atoms with Crippen LogP contribution in [-0.2, 0) is 4.79 Å². The molecular formula is C12H19N7O. The highest BCUT2D eigenvalue weighted by Crippen LogP contribution is 2.17. The summed E-state index contributed by atoms with van der Waals surface area (Å²) in [5.74, 6) is 0.632. The van der Waals surface area contributed by atoms with Gasteiger partial charge in [-0.2, -0.15) is 0 Å². The number of aromatic amines is 1. The van der Waals surface area contributed by atoms with Gasteiger partial charge >= 0.3 is 0 Å². The summed E-state index contributed by atoms with van der Waals surface area (Å²) < 4.78 is 0. The monoisotopic (exact) mass is 277 g/mol. The third-order valence-electron chi connectivity index (χ3n) is 2.87. The van der Waals surface area contributed by atoms with Crippen molar-refractivity contribution in [3.05, 3.63) is 12.7 Å². The van der Waals surface area contributed by atoms with Gasteiger partial charge in [-0.05, 0) is 20.0 Å². The number of aromatic nitrogens is 4. The van der Waals surface area contributed by atoms with Crippen molar-refractivity contribution in [3.8, 4) is 0 Å². The molecule has 20 heavy (non-hydrogen) atoms. The molecule has 2 rings (SSSR count). The zero-order valence-corrected chi connectivity index (χ0v) is 11.7. The van der Waals surface area contributed by atoms with E-state index in [1.54, 1.807) is 11.2 Å². The van der Waals surface area contributed by atoms with Gasteiger partial charge in [-0.25, -0.2) is 15.0 Å². The van der Waals surface area contributed by atoms with Gasteiger partial charge in [-0.15, -0.1) is 0 Å². The lowest BCUT2D eigenvalue weighted by molar-refractivity contribution is -0.119. The zero-order valence-electron chi connectivity index (χ0n) is 11.7. The predicted octanol–water partition coefficient (Wildman–Crippen LogP) is -0.485. The Morgan fingerprint density at radius 1 is 1.35 bits per heavy atom. The molecular weight excluding hydrogens is 258 g/mol. The van der Waals surface area contributed by atoms with Gasteiger partial charge in [0.25, 0.3) is 0 Å². The molecule has 2 aromatic heterocycles. The standard InChI is InChI=1S/C12H19N7O/c1-13-4-3-5-14-9(20)6-19(2)12-10-11(16-7-15-10)17-8-18-12/h7-8,13H,3-6H2,1-2H3,(H,14,20)(H,15,16,17,18). The number of nitrogens with one attached hydrogen (secondary N) is 3. The van der Waals surface area contributed by atoms with Gasteiger partial charge in [-0.1, -0.05) is 0 Å². The van der Waals surface area contributed by atoms with Crippen molar-refractivity contribution in [2.45, 2.75) is 6.42 Å². The van der Waals surface area contributed by atoms with E-state index in [0.717, 1.165) is 18.5 Å². The number of imidazole rings is 1. The zero-order chi connectivity index (χ0) is 14.4. The quantitative estimate of drug-likeness (QED) is 0.591. The van der Waals surface area contributed by atoms with Crippen molar-refractivity contribution in [2.24, 2.45) is 0 Å². The number of H-pyrrole nitrogens is 1. The van der Waals surface area contributed by atoms with Crippen molar-refractivity contribution in [2.75, 3.05) is 38.6 Å². The van der Waals surface area contributed by atoms with Crippen LogP contribution in [-0.4, -0.2) is 59.6 Å². The Morgan fingerprint density at radius 3 is 3.00 bits per heavy atom. The number of amides is 1. The van der Waals surface area contributed by atoms with Gasteiger partial charge < -0.3 is 20.5 Å². The molecule has 0 saturated heterocycles. The molecule has 0 aliphatic carbocycles. The molecule has 0 atom stereocenters. The molecule has 0 aliphatic rings. The number of rotatable bonds is 7. The largest absolute Gasteiger partial charge is 0.355 e. The number of hydrogen-bond donors (Lipinski definition) is 3. The summed E-state index contributed by atoms with van der Waals surface area (Å²) in [6, 6.07) is 0. The highest BCUT2D eigenvalue weighted by atomic mass is 16.2. The van der Waals surface area contributed by atoms with E-state index in [4.69, 9.17) is 0 Å². The van der Waals surface area contributed by atoms with E-state index in [2.05, 4.69) is 30.6 Å². The Hall–Kier alpha value is -2.22. The smallest absolute Gasteiger partial charge is 0.239 e. The minimum absolute atomic E-state index is 0.0325. The molecule has 0 aliphatic heterocycles. The fourth-order valence-electron chi connectivity index (χ4n) is 1.88. The summed E-state index contributed by atoms with van der Waals surface area (Å²) in [6.45, 7) is 1.79. The fraction of sp³-hybridized carbons (Fsp3) is 0.500. The van der Waals surface area contributed by atoms with Crippen molar-refractivity contribution < 1.29 is 4.79 Å². The second kappa shape index (κ2) is 6.80. The number of anilines is 1. The van der Waals surface area contributed by atoms with E-state index in [9.17, 15) is 4.79 Å². The normalized spacial score (nSPS) is 10.7. The lowest BCUT2D eigenvalue weighted by Gasteiger charge is -2.17. The van der Waals surface area contributed by atoms with E-state index in [-0.39, 0.29) is 12.5 Å². The molecule has 0 saturated carbocycles. The first-order chi connectivity index (χ1) is 9.72. The van der Waals surface area contributed by atoms with Crippen molar-refractivity contribution >= 4 is 22.9 Å². The third-order valence-corrected chi connectivity index (χ3v) is 2.87. The first kappa shape index (κ1) is 14.2. The first-order valence-corrected chi connectivity index (χ1v) is 6.49. The molecule has 2 aromatic rings. The summed E-state index contributed by atoms with van der Waals surface area (Å²) in [4.78, 5) is 28.9. The second-order valence-corrected chi connectivity index (χ2v) is 4.46. The predicted molar refractivity (Wildman–Crippen MR) is 76.5 cm³/mol. The summed E-state index contributed by atoms with van der Waals surface area (Å²) in [7, 11) is 3.70. The highest BCUT2D eigenvalue weighted by Gasteiger charge is 2.13. The number of hydrogen-bond acceptors (Lipinski definition) is 6. The molecule has 0 spiro atoms. The number of carbonyl (C=O) groups excluding carboxylic acids is 1. The molecule has 8 heteroatoms. The minimum atomic E-state index is -0.0325. The highest BCUT2D eigenvalue weighted by molar-refractivity contribution is 5.86. The average molecular weight is 277 g/mol. The van der Waals surface area contributed by atoms with Crippen LogP contribution in [0.2, 0.25) is 0 Å². The number of fused-ring (bicyclic) bond motifs is 1. The van der Waals surface area contributed by atoms with E-state index in [1.165, 1.54) is 6.33 Å². The SMILES string of the molecule is CNCCCNC(=O)CN(C)c1ncnc2nc[nH]c12. The maximum atomic E-state index is 11.8. The maximum Gasteiger partial charge on any atom is 0.239 e. The molecule has 0 radical (unpaired) electrons. The van der Waals surface area contributed by atoms with Crippen molar-refractivity contribution in [3.63, 3.8) is 0 Å². The Labute approximate surface area is 117 Å². The van der Waals surface area contributed by atoms with Gasteiger partial charge in [0.05, 0.1) is 12.9 Å². The van der Waals surface area contributed by atoms with Gasteiger partial charge in [0.15, 0.2) is 11.5 Å². The van der Waals surface area contributed by atoms with E-state index >= 15 is 0 Å². The summed E-state index contributed by atoms with van der Waals surface area (Å²) in [5.41, 5.74) is 1.33. The fourth-order valence-corrected chi connectivity index (χ4v) is 1.88. The summed E-state index contributed by atoms with van der Waals surface area (Å²) in [5, 5.41) is 5.91. The molecule has 8 nitrogen and oxygen atoms in total. The average Bonchev–Trinajstić information content (AvgIpc) is 2.91. The summed E-state index contributed by atoms with van der Waals surface area (Å²) >= 11 is 0. The van der Waals surface area contributed by atoms with E-state index in [1.807, 2.05) is 14.1 Å². The first-order valence-electron chi connectivity index (χ1n) is 6.49. The Bertz CT molecular complexity index is 568. The Kier molecular flexibility index (Phi) is 4.83. The molecule has 0 bridgehead atoms. The van der Waals surface area contributed by atoms with Crippen molar-refractivity contribution in [1.29, 1.82) is 0 Å². The molecule has 1 amide bonds. The van der Waals surface area contributed by atoms with Crippen LogP contribution in [0.15, 0.2) is 12.7 Å². The lowest BCUT2D eigenvalue weighted by atomic mass is 10.4. The summed E-state index contributed by atoms with van der Waals surface area (Å²) in [6.07, 6.45) is 3.92. The van der Waals surface area contributed by atoms with Gasteiger partial charge in [0, 0.05) is 13.6 Å². The molecule has 0 aromatic carbocycles. The van der Waals surface area contributed by atoms with Crippen LogP contribution >= 0.6 is 0 Å². The maximum absolute atomic E-state index is 11.8. The van der Waals surface area contributed by atoms with E-state index in [0.29, 0.717) is 18.0 Å². The minimum Gasteiger partial charge on any atom is -0.355 e. The van der Waals surface area contributed by atoms with Crippen LogP contribution in [0.5, 0.6) is 0 Å². The lowest BCUT2D eigenvalue weighted by Crippen LogP contribution is -2.36. The Morgan fingerprint density at radius 2 is 2.20 bits per heavy atom. The van der Waals surface area contributed by atoms with Gasteiger partial charge in [0.2, 0.25) is 5.91 Å². The number of likely N-dealkylation sites (N-methyl/N-ethyl adjacent to an activating group) is 1. The van der Waals surface area contributed by atoms with Gasteiger partial charge in [0.1, 0.15) is 11.8 Å². The Balaban J connectivity index is 1.92. The third kappa shape index (κ3) is 3.41. The molecule has 2 heterocycles. The molecule has 3 N–H and O–H groups in total. The van der Waals surface area contributed by atoms with Crippen LogP contribution in [0.1, 0.15) is 6.42 Å². The number of nitrogens with zero attached hydrogens (tertiary/aromatic N) is 4. The molecule has 0 fully saturated rings. The second-order valence-electron chi connectivity index (χ2n) is 4.46. The van der Waals surface area contributed by atoms with Crippen LogP contribution in [0.25, 0.3) is 11.2 Å². The number of carbonyl (C=O) groups is 1. The van der Waals surface area contributed by atoms with Crippen LogP contribution in [0.3, 0.4) is 0 Å². The topological polar surface area (TPSA) is 98.8 Å². The van der Waals surface area contributed by atoms with Crippen molar-refractivity contribution in [1.82, 2.24) is 30.6 Å². The van der Waals surface area contributed by atoms with E-state index < -0.39 is 0 Å². The van der Waals surface area contributed by atoms with Gasteiger partial charge in [-0.3, -0.25) is 4.79 Å². The van der Waals surface area contributed by atoms with Crippen LogP contribution in [0, 0.1) is 0 Å². The van der Waals surface area contributed by atoms with Crippen LogP contribution < -0.4 is 15.5 Å². The molecule has 0 unspecified atom stereocenters. The van der Waals surface area contributed by atoms with Crippen LogP contribution in [0.4, 0.5) is 5.82 Å². The molecule has 108 valence electrons.